The van der Waals surface area contributed by atoms with Crippen molar-refractivity contribution in [2.75, 3.05) is 26.2 Å². The number of ether oxygens (including phenoxy) is 1. The Bertz CT molecular complexity index is 709. The third-order valence-electron chi connectivity index (χ3n) is 7.27. The minimum absolute atomic E-state index is 0.0743. The zero-order valence-corrected chi connectivity index (χ0v) is 16.0. The molecule has 3 saturated heterocycles. The molecule has 4 heteroatoms. The Balaban J connectivity index is 1.27. The van der Waals surface area contributed by atoms with Crippen molar-refractivity contribution in [2.24, 2.45) is 17.8 Å². The van der Waals surface area contributed by atoms with Gasteiger partial charge in [-0.05, 0) is 56.6 Å². The highest BCUT2D eigenvalue weighted by Gasteiger charge is 2.62. The van der Waals surface area contributed by atoms with Gasteiger partial charge in [0.1, 0.15) is 0 Å². The number of hydrogen-bond donors (Lipinski definition) is 1. The molecule has 3 aliphatic heterocycles. The fourth-order valence-electron chi connectivity index (χ4n) is 5.84. The summed E-state index contributed by atoms with van der Waals surface area (Å²) in [7, 11) is 0. The van der Waals surface area contributed by atoms with Gasteiger partial charge in [-0.25, -0.2) is 0 Å². The van der Waals surface area contributed by atoms with Crippen molar-refractivity contribution in [1.82, 2.24) is 10.2 Å². The molecule has 1 spiro atoms. The second-order valence-corrected chi connectivity index (χ2v) is 9.14. The van der Waals surface area contributed by atoms with E-state index in [2.05, 4.69) is 10.2 Å². The van der Waals surface area contributed by atoms with Gasteiger partial charge >= 0.3 is 0 Å². The second-order valence-electron chi connectivity index (χ2n) is 9.14. The molecule has 4 nitrogen and oxygen atoms in total. The number of carbonyl (C=O) groups excluding carboxylic acids is 1. The molecular formula is C22H30N2O2. The standard InChI is InChI=1S/C22H30N2O2/c1-14-4-3-5-15(2)20(14)21(25)23-10-17-18-12-24(11-16-6-7-16)13-22(18)9-8-19(17)26-22/h3-5,16-19H,6-13H2,1-2H3,(H,23,25)/t17-,18+,19+,22+/m0/s1. The van der Waals surface area contributed by atoms with E-state index in [0.29, 0.717) is 17.9 Å². The molecule has 4 atom stereocenters. The molecule has 1 aromatic carbocycles. The first-order valence-electron chi connectivity index (χ1n) is 10.3. The van der Waals surface area contributed by atoms with Crippen molar-refractivity contribution in [3.63, 3.8) is 0 Å². The third-order valence-corrected chi connectivity index (χ3v) is 7.27. The number of aryl methyl sites for hydroxylation is 2. The monoisotopic (exact) mass is 354 g/mol. The lowest BCUT2D eigenvalue weighted by atomic mass is 9.73. The van der Waals surface area contributed by atoms with Crippen molar-refractivity contribution < 1.29 is 9.53 Å². The normalized spacial score (nSPS) is 35.7. The maximum atomic E-state index is 12.8. The van der Waals surface area contributed by atoms with Gasteiger partial charge in [-0.2, -0.15) is 0 Å². The summed E-state index contributed by atoms with van der Waals surface area (Å²) in [4.78, 5) is 15.4. The molecule has 0 unspecified atom stereocenters. The van der Waals surface area contributed by atoms with E-state index >= 15 is 0 Å². The Morgan fingerprint density at radius 3 is 2.77 bits per heavy atom. The highest BCUT2D eigenvalue weighted by atomic mass is 16.5. The van der Waals surface area contributed by atoms with Gasteiger partial charge in [0, 0.05) is 43.6 Å². The highest BCUT2D eigenvalue weighted by molar-refractivity contribution is 5.97. The molecule has 1 aromatic rings. The lowest BCUT2D eigenvalue weighted by molar-refractivity contribution is 0.00244. The van der Waals surface area contributed by atoms with Gasteiger partial charge in [0.05, 0.1) is 11.7 Å². The zero-order valence-electron chi connectivity index (χ0n) is 16.0. The molecule has 26 heavy (non-hydrogen) atoms. The van der Waals surface area contributed by atoms with E-state index in [4.69, 9.17) is 4.74 Å². The minimum atomic E-state index is 0.0743. The summed E-state index contributed by atoms with van der Waals surface area (Å²) in [6.07, 6.45) is 5.55. The zero-order chi connectivity index (χ0) is 17.9. The topological polar surface area (TPSA) is 41.6 Å². The van der Waals surface area contributed by atoms with Crippen LogP contribution in [0, 0.1) is 31.6 Å². The van der Waals surface area contributed by atoms with Gasteiger partial charge in [-0.15, -0.1) is 0 Å². The van der Waals surface area contributed by atoms with E-state index in [-0.39, 0.29) is 11.5 Å². The molecule has 4 aliphatic rings. The molecule has 2 bridgehead atoms. The van der Waals surface area contributed by atoms with Crippen LogP contribution < -0.4 is 5.32 Å². The van der Waals surface area contributed by atoms with E-state index in [1.165, 1.54) is 25.8 Å². The van der Waals surface area contributed by atoms with Crippen molar-refractivity contribution in [3.05, 3.63) is 34.9 Å². The summed E-state index contributed by atoms with van der Waals surface area (Å²) in [5.74, 6) is 2.08. The Hall–Kier alpha value is -1.39. The van der Waals surface area contributed by atoms with Gasteiger partial charge in [-0.1, -0.05) is 18.2 Å². The van der Waals surface area contributed by atoms with Crippen LogP contribution in [-0.2, 0) is 4.74 Å². The lowest BCUT2D eigenvalue weighted by Gasteiger charge is -2.29. The molecule has 3 heterocycles. The number of rotatable bonds is 5. The summed E-state index contributed by atoms with van der Waals surface area (Å²) in [6, 6.07) is 6.05. The van der Waals surface area contributed by atoms with Gasteiger partial charge in [0.2, 0.25) is 0 Å². The average molecular weight is 354 g/mol. The molecular weight excluding hydrogens is 324 g/mol. The van der Waals surface area contributed by atoms with Gasteiger partial charge in [0.15, 0.2) is 0 Å². The van der Waals surface area contributed by atoms with Crippen molar-refractivity contribution in [3.8, 4) is 0 Å². The van der Waals surface area contributed by atoms with E-state index in [0.717, 1.165) is 48.7 Å². The molecule has 0 aromatic heterocycles. The Labute approximate surface area is 156 Å². The summed E-state index contributed by atoms with van der Waals surface area (Å²) in [6.45, 7) is 8.33. The predicted octanol–water partition coefficient (Wildman–Crippen LogP) is 2.92. The molecule has 1 N–H and O–H groups in total. The highest BCUT2D eigenvalue weighted by Crippen LogP contribution is 2.55. The van der Waals surface area contributed by atoms with Crippen molar-refractivity contribution in [1.29, 1.82) is 0 Å². The summed E-state index contributed by atoms with van der Waals surface area (Å²) < 4.78 is 6.52. The molecule has 5 rings (SSSR count). The quantitative estimate of drug-likeness (QED) is 0.884. The van der Waals surface area contributed by atoms with Crippen LogP contribution in [0.15, 0.2) is 18.2 Å². The number of carbonyl (C=O) groups is 1. The van der Waals surface area contributed by atoms with E-state index in [1.807, 2.05) is 32.0 Å². The Morgan fingerprint density at radius 1 is 1.27 bits per heavy atom. The Morgan fingerprint density at radius 2 is 2.04 bits per heavy atom. The van der Waals surface area contributed by atoms with Crippen molar-refractivity contribution >= 4 is 5.91 Å². The molecule has 1 aliphatic carbocycles. The number of nitrogens with zero attached hydrogens (tertiary/aromatic N) is 1. The summed E-state index contributed by atoms with van der Waals surface area (Å²) in [5, 5.41) is 3.25. The fraction of sp³-hybridized carbons (Fsp3) is 0.682. The first-order valence-corrected chi connectivity index (χ1v) is 10.3. The predicted molar refractivity (Wildman–Crippen MR) is 101 cm³/mol. The largest absolute Gasteiger partial charge is 0.370 e. The van der Waals surface area contributed by atoms with E-state index < -0.39 is 0 Å². The smallest absolute Gasteiger partial charge is 0.251 e. The maximum Gasteiger partial charge on any atom is 0.251 e. The summed E-state index contributed by atoms with van der Waals surface area (Å²) in [5.41, 5.74) is 3.04. The van der Waals surface area contributed by atoms with Crippen LogP contribution in [0.5, 0.6) is 0 Å². The number of hydrogen-bond acceptors (Lipinski definition) is 3. The Kier molecular flexibility index (Phi) is 3.91. The van der Waals surface area contributed by atoms with Crippen molar-refractivity contribution in [2.45, 2.75) is 51.2 Å². The van der Waals surface area contributed by atoms with Crippen LogP contribution in [0.1, 0.15) is 47.2 Å². The third kappa shape index (κ3) is 2.69. The lowest BCUT2D eigenvalue weighted by Crippen LogP contribution is -2.42. The van der Waals surface area contributed by atoms with Crippen LogP contribution >= 0.6 is 0 Å². The van der Waals surface area contributed by atoms with Crippen LogP contribution in [0.2, 0.25) is 0 Å². The number of likely N-dealkylation sites (tertiary alicyclic amines) is 1. The number of amides is 1. The second kappa shape index (κ2) is 6.07. The average Bonchev–Trinajstić information content (AvgIpc) is 3.09. The number of benzene rings is 1. The molecule has 4 fully saturated rings. The van der Waals surface area contributed by atoms with Gasteiger partial charge in [0.25, 0.3) is 5.91 Å². The van der Waals surface area contributed by atoms with E-state index in [1.54, 1.807) is 0 Å². The summed E-state index contributed by atoms with van der Waals surface area (Å²) >= 11 is 0. The molecule has 0 radical (unpaired) electrons. The van der Waals surface area contributed by atoms with Gasteiger partial charge in [-0.3, -0.25) is 9.69 Å². The fourth-order valence-corrected chi connectivity index (χ4v) is 5.84. The SMILES string of the molecule is Cc1cccc(C)c1C(=O)NC[C@H]1[C@H]2CN(CC3CC3)C[C@]23CC[C@H]1O3. The van der Waals surface area contributed by atoms with Crippen LogP contribution in [0.4, 0.5) is 0 Å². The van der Waals surface area contributed by atoms with Gasteiger partial charge < -0.3 is 10.1 Å². The maximum absolute atomic E-state index is 12.8. The van der Waals surface area contributed by atoms with Crippen LogP contribution in [-0.4, -0.2) is 48.7 Å². The molecule has 140 valence electrons. The van der Waals surface area contributed by atoms with E-state index in [9.17, 15) is 4.79 Å². The molecule has 1 amide bonds. The minimum Gasteiger partial charge on any atom is -0.370 e. The van der Waals surface area contributed by atoms with Crippen LogP contribution in [0.25, 0.3) is 0 Å². The molecule has 1 saturated carbocycles. The van der Waals surface area contributed by atoms with Crippen LogP contribution in [0.3, 0.4) is 0 Å². The number of nitrogens with one attached hydrogen (secondary N) is 1. The number of fused-ring (bicyclic) bond motifs is 1. The first kappa shape index (κ1) is 16.8. The first-order chi connectivity index (χ1) is 12.6.